The first-order valence-corrected chi connectivity index (χ1v) is 5.20. The SMILES string of the molecule is Cn1cncc1C(=O)NCc1ccccc1O. The van der Waals surface area contributed by atoms with E-state index < -0.39 is 0 Å². The molecule has 0 atom stereocenters. The van der Waals surface area contributed by atoms with Gasteiger partial charge in [-0.15, -0.1) is 0 Å². The molecule has 0 spiro atoms. The number of hydrogen-bond acceptors (Lipinski definition) is 3. The molecule has 0 bridgehead atoms. The van der Waals surface area contributed by atoms with Crippen molar-refractivity contribution in [3.63, 3.8) is 0 Å². The fraction of sp³-hybridized carbons (Fsp3) is 0.167. The Morgan fingerprint density at radius 1 is 1.47 bits per heavy atom. The minimum Gasteiger partial charge on any atom is -0.508 e. The van der Waals surface area contributed by atoms with Gasteiger partial charge in [-0.2, -0.15) is 0 Å². The van der Waals surface area contributed by atoms with Crippen LogP contribution in [0.2, 0.25) is 0 Å². The highest BCUT2D eigenvalue weighted by Gasteiger charge is 2.09. The van der Waals surface area contributed by atoms with E-state index >= 15 is 0 Å². The van der Waals surface area contributed by atoms with E-state index in [0.717, 1.165) is 0 Å². The number of benzene rings is 1. The van der Waals surface area contributed by atoms with Crippen LogP contribution in [0.4, 0.5) is 0 Å². The van der Waals surface area contributed by atoms with Crippen molar-refractivity contribution in [3.8, 4) is 5.75 Å². The van der Waals surface area contributed by atoms with Crippen molar-refractivity contribution < 1.29 is 9.90 Å². The normalized spacial score (nSPS) is 10.2. The van der Waals surface area contributed by atoms with Gasteiger partial charge >= 0.3 is 0 Å². The van der Waals surface area contributed by atoms with Crippen molar-refractivity contribution in [2.24, 2.45) is 7.05 Å². The summed E-state index contributed by atoms with van der Waals surface area (Å²) < 4.78 is 1.64. The second-order valence-electron chi connectivity index (χ2n) is 3.70. The van der Waals surface area contributed by atoms with Gasteiger partial charge in [-0.25, -0.2) is 4.98 Å². The van der Waals surface area contributed by atoms with Gasteiger partial charge in [0.05, 0.1) is 12.5 Å². The van der Waals surface area contributed by atoms with Crippen molar-refractivity contribution in [2.45, 2.75) is 6.54 Å². The molecule has 0 aliphatic rings. The lowest BCUT2D eigenvalue weighted by atomic mass is 10.2. The van der Waals surface area contributed by atoms with Crippen molar-refractivity contribution in [1.82, 2.24) is 14.9 Å². The van der Waals surface area contributed by atoms with Crippen LogP contribution in [0.5, 0.6) is 5.75 Å². The molecule has 0 fully saturated rings. The predicted octanol–water partition coefficient (Wildman–Crippen LogP) is 1.06. The standard InChI is InChI=1S/C12H13N3O2/c1-15-8-13-7-10(15)12(17)14-6-9-4-2-3-5-11(9)16/h2-5,7-8,16H,6H2,1H3,(H,14,17). The number of phenols is 1. The number of aromatic nitrogens is 2. The Hall–Kier alpha value is -2.30. The van der Waals surface area contributed by atoms with Gasteiger partial charge in [0.15, 0.2) is 0 Å². The van der Waals surface area contributed by atoms with Gasteiger partial charge in [0, 0.05) is 19.2 Å². The quantitative estimate of drug-likeness (QED) is 0.829. The number of amides is 1. The zero-order chi connectivity index (χ0) is 12.3. The molecule has 0 aliphatic carbocycles. The number of carbonyl (C=O) groups is 1. The van der Waals surface area contributed by atoms with E-state index in [1.54, 1.807) is 36.1 Å². The average molecular weight is 231 g/mol. The molecule has 0 saturated heterocycles. The van der Waals surface area contributed by atoms with Crippen LogP contribution in [0.3, 0.4) is 0 Å². The first kappa shape index (κ1) is 11.2. The van der Waals surface area contributed by atoms with Crippen LogP contribution in [-0.4, -0.2) is 20.6 Å². The van der Waals surface area contributed by atoms with E-state index in [-0.39, 0.29) is 18.2 Å². The topological polar surface area (TPSA) is 67.2 Å². The summed E-state index contributed by atoms with van der Waals surface area (Å²) in [6.45, 7) is 0.288. The maximum Gasteiger partial charge on any atom is 0.269 e. The molecule has 2 rings (SSSR count). The van der Waals surface area contributed by atoms with Crippen LogP contribution in [0.25, 0.3) is 0 Å². The fourth-order valence-corrected chi connectivity index (χ4v) is 1.50. The molecule has 1 aromatic heterocycles. The number of nitrogens with zero attached hydrogens (tertiary/aromatic N) is 2. The highest BCUT2D eigenvalue weighted by Crippen LogP contribution is 2.14. The fourth-order valence-electron chi connectivity index (χ4n) is 1.50. The number of aromatic hydroxyl groups is 1. The van der Waals surface area contributed by atoms with Crippen LogP contribution in [0.15, 0.2) is 36.8 Å². The van der Waals surface area contributed by atoms with Crippen LogP contribution in [-0.2, 0) is 13.6 Å². The molecular weight excluding hydrogens is 218 g/mol. The number of hydrogen-bond donors (Lipinski definition) is 2. The summed E-state index contributed by atoms with van der Waals surface area (Å²) in [6.07, 6.45) is 3.06. The van der Waals surface area contributed by atoms with Crippen molar-refractivity contribution in [1.29, 1.82) is 0 Å². The molecule has 5 nitrogen and oxygen atoms in total. The van der Waals surface area contributed by atoms with Crippen LogP contribution in [0, 0.1) is 0 Å². The Bertz CT molecular complexity index is 534. The third-order valence-electron chi connectivity index (χ3n) is 2.48. The summed E-state index contributed by atoms with van der Waals surface area (Å²) in [7, 11) is 1.75. The zero-order valence-electron chi connectivity index (χ0n) is 9.42. The Balaban J connectivity index is 2.02. The van der Waals surface area contributed by atoms with Gasteiger partial charge in [-0.05, 0) is 6.07 Å². The van der Waals surface area contributed by atoms with E-state index in [4.69, 9.17) is 0 Å². The second-order valence-corrected chi connectivity index (χ2v) is 3.70. The minimum atomic E-state index is -0.215. The molecule has 5 heteroatoms. The maximum atomic E-state index is 11.8. The molecule has 0 aliphatic heterocycles. The molecule has 0 saturated carbocycles. The maximum absolute atomic E-state index is 11.8. The molecule has 1 amide bonds. The van der Waals surface area contributed by atoms with E-state index in [1.807, 2.05) is 6.07 Å². The number of nitrogens with one attached hydrogen (secondary N) is 1. The van der Waals surface area contributed by atoms with Crippen LogP contribution in [0.1, 0.15) is 16.1 Å². The van der Waals surface area contributed by atoms with E-state index in [0.29, 0.717) is 11.3 Å². The van der Waals surface area contributed by atoms with Crippen molar-refractivity contribution in [3.05, 3.63) is 48.0 Å². The lowest BCUT2D eigenvalue weighted by Crippen LogP contribution is -2.24. The number of para-hydroxylation sites is 1. The molecule has 17 heavy (non-hydrogen) atoms. The minimum absolute atomic E-state index is 0.179. The van der Waals surface area contributed by atoms with Gasteiger partial charge in [0.2, 0.25) is 0 Å². The molecule has 0 radical (unpaired) electrons. The predicted molar refractivity (Wildman–Crippen MR) is 62.5 cm³/mol. The van der Waals surface area contributed by atoms with Gasteiger partial charge in [-0.3, -0.25) is 4.79 Å². The smallest absolute Gasteiger partial charge is 0.269 e. The van der Waals surface area contributed by atoms with Gasteiger partial charge in [-0.1, -0.05) is 18.2 Å². The van der Waals surface area contributed by atoms with E-state index in [1.165, 1.54) is 6.20 Å². The Kier molecular flexibility index (Phi) is 3.09. The van der Waals surface area contributed by atoms with E-state index in [2.05, 4.69) is 10.3 Å². The van der Waals surface area contributed by atoms with Crippen LogP contribution >= 0.6 is 0 Å². The Morgan fingerprint density at radius 3 is 2.88 bits per heavy atom. The monoisotopic (exact) mass is 231 g/mol. The molecule has 2 N–H and O–H groups in total. The Labute approximate surface area is 98.7 Å². The molecule has 0 unspecified atom stereocenters. The second kappa shape index (κ2) is 4.69. The van der Waals surface area contributed by atoms with Gasteiger partial charge in [0.25, 0.3) is 5.91 Å². The molecular formula is C12H13N3O2. The number of carbonyl (C=O) groups excluding carboxylic acids is 1. The average Bonchev–Trinajstić information content (AvgIpc) is 2.74. The molecule has 1 heterocycles. The molecule has 88 valence electrons. The lowest BCUT2D eigenvalue weighted by molar-refractivity contribution is 0.0942. The summed E-state index contributed by atoms with van der Waals surface area (Å²) in [6, 6.07) is 6.90. The zero-order valence-corrected chi connectivity index (χ0v) is 9.42. The third-order valence-corrected chi connectivity index (χ3v) is 2.48. The number of rotatable bonds is 3. The summed E-state index contributed by atoms with van der Waals surface area (Å²) in [5, 5.41) is 12.3. The van der Waals surface area contributed by atoms with Gasteiger partial charge in [0.1, 0.15) is 11.4 Å². The number of imidazole rings is 1. The first-order valence-electron chi connectivity index (χ1n) is 5.20. The third kappa shape index (κ3) is 2.44. The summed E-state index contributed by atoms with van der Waals surface area (Å²) >= 11 is 0. The van der Waals surface area contributed by atoms with Gasteiger partial charge < -0.3 is 15.0 Å². The highest BCUT2D eigenvalue weighted by atomic mass is 16.3. The van der Waals surface area contributed by atoms with Crippen LogP contribution < -0.4 is 5.32 Å². The summed E-state index contributed by atoms with van der Waals surface area (Å²) in [5.41, 5.74) is 1.17. The molecule has 2 aromatic rings. The number of phenolic OH excluding ortho intramolecular Hbond substituents is 1. The van der Waals surface area contributed by atoms with E-state index in [9.17, 15) is 9.90 Å². The largest absolute Gasteiger partial charge is 0.508 e. The van der Waals surface area contributed by atoms with Crippen molar-refractivity contribution in [2.75, 3.05) is 0 Å². The molecule has 1 aromatic carbocycles. The summed E-state index contributed by atoms with van der Waals surface area (Å²) in [4.78, 5) is 15.6. The Morgan fingerprint density at radius 2 is 2.24 bits per heavy atom. The summed E-state index contributed by atoms with van der Waals surface area (Å²) in [5.74, 6) is -0.0361. The lowest BCUT2D eigenvalue weighted by Gasteiger charge is -2.06. The van der Waals surface area contributed by atoms with Crippen molar-refractivity contribution >= 4 is 5.91 Å². The highest BCUT2D eigenvalue weighted by molar-refractivity contribution is 5.92. The first-order chi connectivity index (χ1) is 8.18. The number of aryl methyl sites for hydroxylation is 1.